The van der Waals surface area contributed by atoms with E-state index >= 15 is 0 Å². The van der Waals surface area contributed by atoms with E-state index < -0.39 is 0 Å². The fraction of sp³-hybridized carbons (Fsp3) is 0.923. The van der Waals surface area contributed by atoms with Crippen LogP contribution in [-0.2, 0) is 4.79 Å². The average Bonchev–Trinajstić information content (AvgIpc) is 2.46. The van der Waals surface area contributed by atoms with Crippen LogP contribution in [0.5, 0.6) is 0 Å². The molecule has 16 heavy (non-hydrogen) atoms. The second kappa shape index (κ2) is 4.02. The lowest BCUT2D eigenvalue weighted by Gasteiger charge is -2.46. The van der Waals surface area contributed by atoms with Gasteiger partial charge in [-0.2, -0.15) is 0 Å². The van der Waals surface area contributed by atoms with Gasteiger partial charge in [0.25, 0.3) is 0 Å². The summed E-state index contributed by atoms with van der Waals surface area (Å²) in [7, 11) is 0. The number of nitrogens with zero attached hydrogens (tertiary/aromatic N) is 2. The van der Waals surface area contributed by atoms with Crippen molar-refractivity contribution in [3.63, 3.8) is 0 Å². The number of fused-ring (bicyclic) bond motifs is 2. The fourth-order valence-corrected chi connectivity index (χ4v) is 3.04. The van der Waals surface area contributed by atoms with Crippen LogP contribution in [0.3, 0.4) is 0 Å². The van der Waals surface area contributed by atoms with E-state index in [9.17, 15) is 4.79 Å². The van der Waals surface area contributed by atoms with Crippen LogP contribution in [0.1, 0.15) is 47.0 Å². The Labute approximate surface area is 98.8 Å². The smallest absolute Gasteiger partial charge is 0.222 e. The average molecular weight is 224 g/mol. The Morgan fingerprint density at radius 1 is 1.19 bits per heavy atom. The third kappa shape index (κ3) is 1.97. The molecule has 1 amide bonds. The van der Waals surface area contributed by atoms with E-state index in [1.54, 1.807) is 0 Å². The van der Waals surface area contributed by atoms with E-state index in [1.807, 2.05) is 6.92 Å². The van der Waals surface area contributed by atoms with Crippen LogP contribution < -0.4 is 0 Å². The zero-order valence-electron chi connectivity index (χ0n) is 11.0. The van der Waals surface area contributed by atoms with Gasteiger partial charge in [0.2, 0.25) is 5.91 Å². The number of hydrogen-bond acceptors (Lipinski definition) is 2. The van der Waals surface area contributed by atoms with Gasteiger partial charge in [0.1, 0.15) is 0 Å². The lowest BCUT2D eigenvalue weighted by atomic mass is 10.0. The Balaban J connectivity index is 2.10. The number of carbonyl (C=O) groups excluding carboxylic acids is 1. The van der Waals surface area contributed by atoms with Crippen molar-refractivity contribution in [3.05, 3.63) is 0 Å². The molecule has 0 aromatic carbocycles. The molecule has 0 N–H and O–H groups in total. The van der Waals surface area contributed by atoms with Crippen molar-refractivity contribution in [2.75, 3.05) is 13.1 Å². The van der Waals surface area contributed by atoms with Crippen molar-refractivity contribution in [1.29, 1.82) is 0 Å². The minimum atomic E-state index is 0.238. The van der Waals surface area contributed by atoms with Gasteiger partial charge in [-0.15, -0.1) is 0 Å². The lowest BCUT2D eigenvalue weighted by molar-refractivity contribution is -0.137. The molecular weight excluding hydrogens is 200 g/mol. The van der Waals surface area contributed by atoms with Crippen molar-refractivity contribution in [2.24, 2.45) is 0 Å². The standard InChI is InChI=1S/C13H24N2O/c1-5-12(16)15-10-6-7-11(15)9-14(8-10)13(2,3)4/h10-11H,5-9H2,1-4H3. The van der Waals surface area contributed by atoms with Gasteiger partial charge < -0.3 is 4.90 Å². The molecule has 0 radical (unpaired) electrons. The molecule has 0 saturated carbocycles. The highest BCUT2D eigenvalue weighted by atomic mass is 16.2. The van der Waals surface area contributed by atoms with Gasteiger partial charge in [0.05, 0.1) is 0 Å². The fourth-order valence-electron chi connectivity index (χ4n) is 3.04. The minimum Gasteiger partial charge on any atom is -0.334 e. The van der Waals surface area contributed by atoms with Crippen LogP contribution in [-0.4, -0.2) is 46.4 Å². The summed E-state index contributed by atoms with van der Waals surface area (Å²) in [5.74, 6) is 0.348. The molecule has 2 unspecified atom stereocenters. The molecule has 3 heteroatoms. The van der Waals surface area contributed by atoms with Crippen LogP contribution in [0.2, 0.25) is 0 Å². The third-order valence-corrected chi connectivity index (χ3v) is 4.02. The minimum absolute atomic E-state index is 0.238. The van der Waals surface area contributed by atoms with Crippen molar-refractivity contribution in [1.82, 2.24) is 9.80 Å². The maximum atomic E-state index is 11.9. The predicted molar refractivity (Wildman–Crippen MR) is 65.3 cm³/mol. The number of carbonyl (C=O) groups is 1. The maximum absolute atomic E-state index is 11.9. The zero-order valence-corrected chi connectivity index (χ0v) is 11.0. The number of rotatable bonds is 1. The highest BCUT2D eigenvalue weighted by Crippen LogP contribution is 2.33. The summed E-state index contributed by atoms with van der Waals surface area (Å²) in [6.45, 7) is 10.9. The van der Waals surface area contributed by atoms with Crippen LogP contribution >= 0.6 is 0 Å². The van der Waals surface area contributed by atoms with Crippen LogP contribution in [0, 0.1) is 0 Å². The molecule has 2 aliphatic heterocycles. The highest BCUT2D eigenvalue weighted by Gasteiger charge is 2.44. The van der Waals surface area contributed by atoms with Crippen molar-refractivity contribution >= 4 is 5.91 Å². The summed E-state index contributed by atoms with van der Waals surface area (Å²) in [6.07, 6.45) is 3.05. The molecule has 2 heterocycles. The molecule has 0 spiro atoms. The van der Waals surface area contributed by atoms with E-state index in [4.69, 9.17) is 0 Å². The molecule has 0 aromatic rings. The number of piperazine rings is 1. The highest BCUT2D eigenvalue weighted by molar-refractivity contribution is 5.77. The first-order valence-electron chi connectivity index (χ1n) is 6.49. The first-order valence-corrected chi connectivity index (χ1v) is 6.49. The van der Waals surface area contributed by atoms with E-state index in [0.29, 0.717) is 24.4 Å². The predicted octanol–water partition coefficient (Wildman–Crippen LogP) is 1.87. The van der Waals surface area contributed by atoms with Crippen LogP contribution in [0.15, 0.2) is 0 Å². The van der Waals surface area contributed by atoms with Gasteiger partial charge in [0, 0.05) is 37.1 Å². The molecule has 3 nitrogen and oxygen atoms in total. The molecule has 2 saturated heterocycles. The first kappa shape index (κ1) is 11.9. The van der Waals surface area contributed by atoms with Gasteiger partial charge in [-0.05, 0) is 33.6 Å². The Kier molecular flexibility index (Phi) is 2.99. The monoisotopic (exact) mass is 224 g/mol. The Bertz CT molecular complexity index is 268. The second-order valence-corrected chi connectivity index (χ2v) is 6.12. The molecule has 2 atom stereocenters. The summed E-state index contributed by atoms with van der Waals surface area (Å²) >= 11 is 0. The van der Waals surface area contributed by atoms with Crippen LogP contribution in [0.4, 0.5) is 0 Å². The van der Waals surface area contributed by atoms with E-state index in [2.05, 4.69) is 30.6 Å². The first-order chi connectivity index (χ1) is 7.43. The van der Waals surface area contributed by atoms with Crippen LogP contribution in [0.25, 0.3) is 0 Å². The Hall–Kier alpha value is -0.570. The van der Waals surface area contributed by atoms with E-state index in [0.717, 1.165) is 13.1 Å². The Morgan fingerprint density at radius 2 is 1.69 bits per heavy atom. The summed E-state index contributed by atoms with van der Waals surface area (Å²) in [6, 6.07) is 0.954. The SMILES string of the molecule is CCC(=O)N1C2CCC1CN(C(C)(C)C)C2. The van der Waals surface area contributed by atoms with Crippen molar-refractivity contribution in [3.8, 4) is 0 Å². The zero-order chi connectivity index (χ0) is 11.9. The number of likely N-dealkylation sites (tertiary alicyclic amines) is 1. The molecule has 2 rings (SSSR count). The quantitative estimate of drug-likeness (QED) is 0.679. The van der Waals surface area contributed by atoms with E-state index in [1.165, 1.54) is 12.8 Å². The van der Waals surface area contributed by atoms with Crippen molar-refractivity contribution in [2.45, 2.75) is 64.6 Å². The topological polar surface area (TPSA) is 23.6 Å². The molecule has 2 fully saturated rings. The summed E-state index contributed by atoms with van der Waals surface area (Å²) in [5, 5.41) is 0. The van der Waals surface area contributed by atoms with Gasteiger partial charge >= 0.3 is 0 Å². The number of amides is 1. The van der Waals surface area contributed by atoms with Crippen molar-refractivity contribution < 1.29 is 4.79 Å². The van der Waals surface area contributed by atoms with Gasteiger partial charge in [-0.25, -0.2) is 0 Å². The third-order valence-electron chi connectivity index (χ3n) is 4.02. The summed E-state index contributed by atoms with van der Waals surface area (Å²) < 4.78 is 0. The van der Waals surface area contributed by atoms with E-state index in [-0.39, 0.29) is 5.54 Å². The van der Waals surface area contributed by atoms with Gasteiger partial charge in [-0.1, -0.05) is 6.92 Å². The molecule has 0 aliphatic carbocycles. The molecule has 2 aliphatic rings. The normalized spacial score (nSPS) is 30.9. The molecule has 2 bridgehead atoms. The largest absolute Gasteiger partial charge is 0.334 e. The van der Waals surface area contributed by atoms with Gasteiger partial charge in [-0.3, -0.25) is 9.69 Å². The molecular formula is C13H24N2O. The molecule has 92 valence electrons. The lowest BCUT2D eigenvalue weighted by Crippen LogP contribution is -2.60. The second-order valence-electron chi connectivity index (χ2n) is 6.12. The summed E-state index contributed by atoms with van der Waals surface area (Å²) in [5.41, 5.74) is 0.238. The Morgan fingerprint density at radius 3 is 2.06 bits per heavy atom. The summed E-state index contributed by atoms with van der Waals surface area (Å²) in [4.78, 5) is 16.6. The number of hydrogen-bond donors (Lipinski definition) is 0. The van der Waals surface area contributed by atoms with Gasteiger partial charge in [0.15, 0.2) is 0 Å². The molecule has 0 aromatic heterocycles. The maximum Gasteiger partial charge on any atom is 0.222 e.